The second-order valence-electron chi connectivity index (χ2n) is 8.64. The van der Waals surface area contributed by atoms with Crippen LogP contribution in [0, 0.1) is 11.8 Å². The molecule has 0 aliphatic heterocycles. The summed E-state index contributed by atoms with van der Waals surface area (Å²) in [7, 11) is 0. The van der Waals surface area contributed by atoms with Crippen LogP contribution in [-0.2, 0) is 6.54 Å². The van der Waals surface area contributed by atoms with E-state index >= 15 is 0 Å². The van der Waals surface area contributed by atoms with Gasteiger partial charge < -0.3 is 11.1 Å². The van der Waals surface area contributed by atoms with Gasteiger partial charge in [0.25, 0.3) is 0 Å². The molecule has 162 valence electrons. The number of nitrogens with one attached hydrogen (secondary N) is 1. The molecule has 3 aromatic rings. The summed E-state index contributed by atoms with van der Waals surface area (Å²) in [6, 6.07) is 18.5. The normalized spacial score (nSPS) is 19.7. The third kappa shape index (κ3) is 5.44. The molecule has 0 saturated heterocycles. The summed E-state index contributed by atoms with van der Waals surface area (Å²) < 4.78 is 0. The predicted molar refractivity (Wildman–Crippen MR) is 129 cm³/mol. The third-order valence-electron chi connectivity index (χ3n) is 6.62. The van der Waals surface area contributed by atoms with Crippen molar-refractivity contribution < 1.29 is 0 Å². The lowest BCUT2D eigenvalue weighted by molar-refractivity contribution is 0.251. The molecule has 0 spiro atoms. The molecule has 0 unspecified atom stereocenters. The number of anilines is 1. The van der Waals surface area contributed by atoms with Gasteiger partial charge in [0.05, 0.1) is 10.7 Å². The quantitative estimate of drug-likeness (QED) is 0.459. The minimum atomic E-state index is 0.397. The molecular weight excluding hydrogens is 404 g/mol. The van der Waals surface area contributed by atoms with Crippen LogP contribution >= 0.6 is 11.6 Å². The molecule has 1 aliphatic carbocycles. The fourth-order valence-corrected chi connectivity index (χ4v) is 4.74. The van der Waals surface area contributed by atoms with E-state index in [1.807, 2.05) is 36.4 Å². The summed E-state index contributed by atoms with van der Waals surface area (Å²) in [4.78, 5) is 9.49. The Bertz CT molecular complexity index is 984. The molecule has 0 radical (unpaired) electrons. The van der Waals surface area contributed by atoms with Gasteiger partial charge in [-0.2, -0.15) is 0 Å². The molecule has 5 heteroatoms. The van der Waals surface area contributed by atoms with Crippen molar-refractivity contribution in [1.29, 1.82) is 0 Å². The number of pyridine rings is 2. The molecule has 0 amide bonds. The monoisotopic (exact) mass is 434 g/mol. The van der Waals surface area contributed by atoms with E-state index in [0.29, 0.717) is 22.8 Å². The first-order valence-corrected chi connectivity index (χ1v) is 11.6. The van der Waals surface area contributed by atoms with Crippen molar-refractivity contribution in [2.24, 2.45) is 17.6 Å². The standard InChI is InChI=1S/C26H31ClN4/c1-18(21-12-10-19(15-28)11-13-21)25-14-22(23(27)17-29-25)24-8-5-9-26(31-24)30-16-20-6-3-2-4-7-20/h2-9,14,17-19,21H,10-13,15-16,28H2,1H3,(H,30,31)/t18-,19?,21?/m0/s1. The van der Waals surface area contributed by atoms with Crippen molar-refractivity contribution in [2.75, 3.05) is 11.9 Å². The zero-order valence-electron chi connectivity index (χ0n) is 18.1. The molecule has 2 heterocycles. The lowest BCUT2D eigenvalue weighted by Gasteiger charge is -2.31. The minimum absolute atomic E-state index is 0.397. The Balaban J connectivity index is 1.50. The van der Waals surface area contributed by atoms with Gasteiger partial charge in [0.2, 0.25) is 0 Å². The van der Waals surface area contributed by atoms with Crippen LogP contribution in [-0.4, -0.2) is 16.5 Å². The number of nitrogens with zero attached hydrogens (tertiary/aromatic N) is 2. The Morgan fingerprint density at radius 1 is 1.06 bits per heavy atom. The van der Waals surface area contributed by atoms with Crippen LogP contribution in [0.25, 0.3) is 11.3 Å². The van der Waals surface area contributed by atoms with Gasteiger partial charge in [-0.1, -0.05) is 54.9 Å². The maximum atomic E-state index is 6.55. The largest absolute Gasteiger partial charge is 0.366 e. The fourth-order valence-electron chi connectivity index (χ4n) is 4.54. The van der Waals surface area contributed by atoms with E-state index in [2.05, 4.69) is 35.4 Å². The highest BCUT2D eigenvalue weighted by Crippen LogP contribution is 2.38. The molecule has 4 nitrogen and oxygen atoms in total. The summed E-state index contributed by atoms with van der Waals surface area (Å²) in [5.74, 6) is 2.57. The Labute approximate surface area is 190 Å². The van der Waals surface area contributed by atoms with Crippen molar-refractivity contribution >= 4 is 17.4 Å². The smallest absolute Gasteiger partial charge is 0.126 e. The van der Waals surface area contributed by atoms with E-state index in [-0.39, 0.29) is 0 Å². The molecule has 4 rings (SSSR count). The first-order valence-electron chi connectivity index (χ1n) is 11.2. The van der Waals surface area contributed by atoms with Crippen molar-refractivity contribution in [2.45, 2.75) is 45.1 Å². The second-order valence-corrected chi connectivity index (χ2v) is 9.05. The molecule has 1 saturated carbocycles. The van der Waals surface area contributed by atoms with Gasteiger partial charge in [-0.05, 0) is 67.8 Å². The van der Waals surface area contributed by atoms with Crippen LogP contribution in [0.4, 0.5) is 5.82 Å². The van der Waals surface area contributed by atoms with Gasteiger partial charge in [-0.15, -0.1) is 0 Å². The molecule has 1 fully saturated rings. The highest BCUT2D eigenvalue weighted by molar-refractivity contribution is 6.33. The number of aromatic nitrogens is 2. The van der Waals surface area contributed by atoms with Crippen LogP contribution in [0.1, 0.15) is 49.8 Å². The molecule has 2 aromatic heterocycles. The van der Waals surface area contributed by atoms with Crippen molar-refractivity contribution in [1.82, 2.24) is 9.97 Å². The zero-order chi connectivity index (χ0) is 21.6. The van der Waals surface area contributed by atoms with Crippen LogP contribution in [0.3, 0.4) is 0 Å². The summed E-state index contributed by atoms with van der Waals surface area (Å²) in [6.07, 6.45) is 6.67. The van der Waals surface area contributed by atoms with Gasteiger partial charge in [0.15, 0.2) is 0 Å². The minimum Gasteiger partial charge on any atom is -0.366 e. The topological polar surface area (TPSA) is 63.8 Å². The lowest BCUT2D eigenvalue weighted by Crippen LogP contribution is -2.24. The van der Waals surface area contributed by atoms with E-state index in [1.165, 1.54) is 31.2 Å². The molecule has 31 heavy (non-hydrogen) atoms. The van der Waals surface area contributed by atoms with Crippen LogP contribution in [0.2, 0.25) is 5.02 Å². The average Bonchev–Trinajstić information content (AvgIpc) is 2.83. The van der Waals surface area contributed by atoms with Gasteiger partial charge >= 0.3 is 0 Å². The number of nitrogens with two attached hydrogens (primary N) is 1. The Morgan fingerprint density at radius 2 is 1.84 bits per heavy atom. The highest BCUT2D eigenvalue weighted by Gasteiger charge is 2.26. The third-order valence-corrected chi connectivity index (χ3v) is 6.92. The number of hydrogen-bond acceptors (Lipinski definition) is 4. The van der Waals surface area contributed by atoms with E-state index in [1.54, 1.807) is 6.20 Å². The van der Waals surface area contributed by atoms with E-state index < -0.39 is 0 Å². The lowest BCUT2D eigenvalue weighted by atomic mass is 9.75. The first-order chi connectivity index (χ1) is 15.1. The van der Waals surface area contributed by atoms with Crippen molar-refractivity contribution in [3.8, 4) is 11.3 Å². The highest BCUT2D eigenvalue weighted by atomic mass is 35.5. The Kier molecular flexibility index (Phi) is 7.21. The summed E-state index contributed by atoms with van der Waals surface area (Å²) in [5, 5.41) is 4.04. The predicted octanol–water partition coefficient (Wildman–Crippen LogP) is 6.28. The SMILES string of the molecule is C[C@H](c1cc(-c2cccc(NCc3ccccc3)n2)c(Cl)cn1)C1CCC(CN)CC1. The number of benzene rings is 1. The maximum Gasteiger partial charge on any atom is 0.126 e. The van der Waals surface area contributed by atoms with Gasteiger partial charge in [0.1, 0.15) is 5.82 Å². The zero-order valence-corrected chi connectivity index (χ0v) is 18.9. The van der Waals surface area contributed by atoms with E-state index in [9.17, 15) is 0 Å². The first kappa shape index (κ1) is 21.8. The summed E-state index contributed by atoms with van der Waals surface area (Å²) in [6.45, 7) is 3.83. The van der Waals surface area contributed by atoms with Gasteiger partial charge in [-0.25, -0.2) is 4.98 Å². The van der Waals surface area contributed by atoms with Crippen LogP contribution in [0.15, 0.2) is 60.8 Å². The van der Waals surface area contributed by atoms with E-state index in [4.69, 9.17) is 22.3 Å². The number of hydrogen-bond donors (Lipinski definition) is 2. The van der Waals surface area contributed by atoms with Gasteiger partial charge in [-0.3, -0.25) is 4.98 Å². The Morgan fingerprint density at radius 3 is 2.58 bits per heavy atom. The molecule has 1 aromatic carbocycles. The van der Waals surface area contributed by atoms with Gasteiger partial charge in [0, 0.05) is 29.9 Å². The molecule has 3 N–H and O–H groups in total. The van der Waals surface area contributed by atoms with Crippen LogP contribution in [0.5, 0.6) is 0 Å². The second kappa shape index (κ2) is 10.3. The summed E-state index contributed by atoms with van der Waals surface area (Å²) in [5.41, 5.74) is 9.99. The maximum absolute atomic E-state index is 6.55. The Hall–Kier alpha value is -2.43. The summed E-state index contributed by atoms with van der Waals surface area (Å²) >= 11 is 6.55. The van der Waals surface area contributed by atoms with Crippen molar-refractivity contribution in [3.05, 3.63) is 77.1 Å². The fraction of sp³-hybridized carbons (Fsp3) is 0.385. The molecule has 0 bridgehead atoms. The van der Waals surface area contributed by atoms with Crippen molar-refractivity contribution in [3.63, 3.8) is 0 Å². The number of halogens is 1. The molecular formula is C26H31ClN4. The average molecular weight is 435 g/mol. The number of rotatable bonds is 7. The molecule has 1 aliphatic rings. The molecule has 1 atom stereocenters. The van der Waals surface area contributed by atoms with Crippen LogP contribution < -0.4 is 11.1 Å². The van der Waals surface area contributed by atoms with E-state index in [0.717, 1.165) is 35.9 Å².